The first-order valence-electron chi connectivity index (χ1n) is 6.93. The van der Waals surface area contributed by atoms with Gasteiger partial charge in [0.15, 0.2) is 0 Å². The smallest absolute Gasteiger partial charge is 0.0593 e. The Morgan fingerprint density at radius 1 is 1.32 bits per heavy atom. The lowest BCUT2D eigenvalue weighted by Crippen LogP contribution is -2.28. The second kappa shape index (κ2) is 7.90. The lowest BCUT2D eigenvalue weighted by atomic mass is 10.1. The van der Waals surface area contributed by atoms with Gasteiger partial charge in [-0.2, -0.15) is 0 Å². The molecule has 1 N–H and O–H groups in total. The van der Waals surface area contributed by atoms with Gasteiger partial charge in [0.2, 0.25) is 0 Å². The molecule has 3 nitrogen and oxygen atoms in total. The van der Waals surface area contributed by atoms with E-state index in [1.165, 1.54) is 16.9 Å². The van der Waals surface area contributed by atoms with Crippen molar-refractivity contribution in [3.05, 3.63) is 29.8 Å². The third kappa shape index (κ3) is 5.15. The number of benzene rings is 1. The fourth-order valence-corrected chi connectivity index (χ4v) is 3.41. The largest absolute Gasteiger partial charge is 0.379 e. The maximum absolute atomic E-state index is 5.56. The molecule has 4 heteroatoms. The van der Waals surface area contributed by atoms with E-state index in [0.717, 1.165) is 32.8 Å². The van der Waals surface area contributed by atoms with Crippen LogP contribution in [0.25, 0.3) is 0 Å². The summed E-state index contributed by atoms with van der Waals surface area (Å²) in [5.41, 5.74) is 1.50. The second-order valence-electron chi connectivity index (χ2n) is 5.17. The molecule has 1 aromatic carbocycles. The molecule has 0 bridgehead atoms. The van der Waals surface area contributed by atoms with Gasteiger partial charge in [-0.1, -0.05) is 18.2 Å². The molecular weight excluding hydrogens is 256 g/mol. The Balaban J connectivity index is 1.52. The van der Waals surface area contributed by atoms with Gasteiger partial charge >= 0.3 is 0 Å². The Hall–Kier alpha value is -0.550. The third-order valence-corrected chi connectivity index (χ3v) is 4.51. The van der Waals surface area contributed by atoms with Crippen LogP contribution in [0.4, 0.5) is 0 Å². The van der Waals surface area contributed by atoms with Crippen molar-refractivity contribution in [3.63, 3.8) is 0 Å². The predicted molar refractivity (Wildman–Crippen MR) is 82.0 cm³/mol. The molecule has 1 heterocycles. The lowest BCUT2D eigenvalue weighted by Gasteiger charge is -2.12. The normalized spacial score (nSPS) is 17.9. The number of likely N-dealkylation sites (N-methyl/N-ethyl adjacent to an activating group) is 1. The molecule has 19 heavy (non-hydrogen) atoms. The van der Waals surface area contributed by atoms with Crippen LogP contribution in [0, 0.1) is 0 Å². The van der Waals surface area contributed by atoms with Crippen molar-refractivity contribution in [2.24, 2.45) is 0 Å². The molecule has 0 spiro atoms. The topological polar surface area (TPSA) is 24.5 Å². The average Bonchev–Trinajstić information content (AvgIpc) is 2.79. The summed E-state index contributed by atoms with van der Waals surface area (Å²) >= 11 is 2.00. The number of nitrogens with one attached hydrogen (secondary N) is 1. The Morgan fingerprint density at radius 2 is 2.16 bits per heavy atom. The van der Waals surface area contributed by atoms with Gasteiger partial charge in [-0.15, -0.1) is 11.8 Å². The number of rotatable bonds is 8. The van der Waals surface area contributed by atoms with Gasteiger partial charge < -0.3 is 15.0 Å². The van der Waals surface area contributed by atoms with Crippen LogP contribution in [-0.2, 0) is 11.2 Å². The Bertz CT molecular complexity index is 359. The molecule has 106 valence electrons. The first-order chi connectivity index (χ1) is 9.25. The zero-order chi connectivity index (χ0) is 13.5. The van der Waals surface area contributed by atoms with Crippen LogP contribution in [0.1, 0.15) is 5.56 Å². The van der Waals surface area contributed by atoms with Crippen LogP contribution in [0.15, 0.2) is 29.2 Å². The van der Waals surface area contributed by atoms with E-state index in [1.807, 2.05) is 11.8 Å². The molecule has 0 fully saturated rings. The molecule has 1 atom stereocenters. The molecule has 1 aliphatic heterocycles. The summed E-state index contributed by atoms with van der Waals surface area (Å²) in [5.74, 6) is 0. The summed E-state index contributed by atoms with van der Waals surface area (Å²) in [7, 11) is 4.13. The maximum Gasteiger partial charge on any atom is 0.0593 e. The van der Waals surface area contributed by atoms with E-state index < -0.39 is 0 Å². The standard InChI is InChI=1S/C15H24N2OS/c1-17(2)8-10-18-9-7-16-12-14-11-13-5-3-4-6-15(13)19-14/h3-6,14,16H,7-12H2,1-2H3. The molecule has 0 radical (unpaired) electrons. The van der Waals surface area contributed by atoms with E-state index in [1.54, 1.807) is 0 Å². The van der Waals surface area contributed by atoms with Crippen molar-refractivity contribution in [1.29, 1.82) is 0 Å². The Kier molecular flexibility index (Phi) is 6.17. The van der Waals surface area contributed by atoms with Crippen LogP contribution in [-0.4, -0.2) is 57.1 Å². The minimum absolute atomic E-state index is 0.680. The van der Waals surface area contributed by atoms with Crippen LogP contribution in [0.3, 0.4) is 0 Å². The van der Waals surface area contributed by atoms with E-state index >= 15 is 0 Å². The summed E-state index contributed by atoms with van der Waals surface area (Å²) in [5, 5.41) is 4.17. The van der Waals surface area contributed by atoms with Gasteiger partial charge in [-0.05, 0) is 32.1 Å². The molecule has 1 aliphatic rings. The minimum atomic E-state index is 0.680. The zero-order valence-electron chi connectivity index (χ0n) is 11.9. The van der Waals surface area contributed by atoms with E-state index in [2.05, 4.69) is 48.6 Å². The lowest BCUT2D eigenvalue weighted by molar-refractivity contribution is 0.119. The average molecular weight is 280 g/mol. The van der Waals surface area contributed by atoms with Crippen molar-refractivity contribution in [3.8, 4) is 0 Å². The fraction of sp³-hybridized carbons (Fsp3) is 0.600. The summed E-state index contributed by atoms with van der Waals surface area (Å²) in [6.45, 7) is 4.63. The molecular formula is C15H24N2OS. The van der Waals surface area contributed by atoms with Crippen molar-refractivity contribution in [2.45, 2.75) is 16.6 Å². The van der Waals surface area contributed by atoms with Gasteiger partial charge in [0.05, 0.1) is 13.2 Å². The number of fused-ring (bicyclic) bond motifs is 1. The maximum atomic E-state index is 5.56. The van der Waals surface area contributed by atoms with Crippen molar-refractivity contribution in [1.82, 2.24) is 10.2 Å². The highest BCUT2D eigenvalue weighted by Gasteiger charge is 2.20. The van der Waals surface area contributed by atoms with E-state index in [9.17, 15) is 0 Å². The van der Waals surface area contributed by atoms with Crippen molar-refractivity contribution < 1.29 is 4.74 Å². The Labute approximate surface area is 120 Å². The summed E-state index contributed by atoms with van der Waals surface area (Å²) in [6.07, 6.45) is 1.19. The van der Waals surface area contributed by atoms with E-state index in [0.29, 0.717) is 5.25 Å². The highest BCUT2D eigenvalue weighted by Crippen LogP contribution is 2.36. The third-order valence-electron chi connectivity index (χ3n) is 3.19. The van der Waals surface area contributed by atoms with Crippen LogP contribution < -0.4 is 5.32 Å². The van der Waals surface area contributed by atoms with Gasteiger partial charge in [0.25, 0.3) is 0 Å². The van der Waals surface area contributed by atoms with Crippen LogP contribution in [0.5, 0.6) is 0 Å². The summed E-state index contributed by atoms with van der Waals surface area (Å²) < 4.78 is 5.56. The van der Waals surface area contributed by atoms with Gasteiger partial charge in [0.1, 0.15) is 0 Å². The van der Waals surface area contributed by atoms with Crippen molar-refractivity contribution in [2.75, 3.05) is 46.9 Å². The van der Waals surface area contributed by atoms with Crippen LogP contribution in [0.2, 0.25) is 0 Å². The second-order valence-corrected chi connectivity index (χ2v) is 6.51. The summed E-state index contributed by atoms with van der Waals surface area (Å²) in [4.78, 5) is 3.59. The Morgan fingerprint density at radius 3 is 2.95 bits per heavy atom. The zero-order valence-corrected chi connectivity index (χ0v) is 12.7. The molecule has 1 unspecified atom stereocenters. The fourth-order valence-electron chi connectivity index (χ4n) is 2.12. The quantitative estimate of drug-likeness (QED) is 0.735. The number of hydrogen-bond acceptors (Lipinski definition) is 4. The molecule has 0 aliphatic carbocycles. The number of thioether (sulfide) groups is 1. The van der Waals surface area contributed by atoms with Crippen molar-refractivity contribution >= 4 is 11.8 Å². The molecule has 0 aromatic heterocycles. The van der Waals surface area contributed by atoms with Crippen LogP contribution >= 0.6 is 11.8 Å². The predicted octanol–water partition coefficient (Wildman–Crippen LogP) is 1.87. The van der Waals surface area contributed by atoms with E-state index in [-0.39, 0.29) is 0 Å². The highest BCUT2D eigenvalue weighted by molar-refractivity contribution is 8.00. The minimum Gasteiger partial charge on any atom is -0.379 e. The number of hydrogen-bond donors (Lipinski definition) is 1. The van der Waals surface area contributed by atoms with Gasteiger partial charge in [0, 0.05) is 29.8 Å². The first kappa shape index (κ1) is 14.9. The molecule has 0 saturated carbocycles. The van der Waals surface area contributed by atoms with Gasteiger partial charge in [-0.25, -0.2) is 0 Å². The van der Waals surface area contributed by atoms with Gasteiger partial charge in [-0.3, -0.25) is 0 Å². The van der Waals surface area contributed by atoms with E-state index in [4.69, 9.17) is 4.74 Å². The summed E-state index contributed by atoms with van der Waals surface area (Å²) in [6, 6.07) is 8.73. The number of nitrogens with zero attached hydrogens (tertiary/aromatic N) is 1. The molecule has 2 rings (SSSR count). The number of ether oxygens (including phenoxy) is 1. The highest BCUT2D eigenvalue weighted by atomic mass is 32.2. The molecule has 1 aromatic rings. The monoisotopic (exact) mass is 280 g/mol. The SMILES string of the molecule is CN(C)CCOCCNCC1Cc2ccccc2S1. The first-order valence-corrected chi connectivity index (χ1v) is 7.81. The molecule has 0 saturated heterocycles. The molecule has 0 amide bonds.